The van der Waals surface area contributed by atoms with Crippen LogP contribution < -0.4 is 10.6 Å². The highest BCUT2D eigenvalue weighted by Gasteiger charge is 2.15. The Balaban J connectivity index is 1.87. The van der Waals surface area contributed by atoms with Crippen LogP contribution in [0.2, 0.25) is 0 Å². The van der Waals surface area contributed by atoms with Crippen LogP contribution in [0.25, 0.3) is 0 Å². The van der Waals surface area contributed by atoms with E-state index in [9.17, 15) is 4.79 Å². The summed E-state index contributed by atoms with van der Waals surface area (Å²) in [6.45, 7) is 2.84. The molecule has 0 radical (unpaired) electrons. The Labute approximate surface area is 141 Å². The van der Waals surface area contributed by atoms with Crippen LogP contribution in [0.3, 0.4) is 0 Å². The summed E-state index contributed by atoms with van der Waals surface area (Å²) in [6, 6.07) is 13.7. The van der Waals surface area contributed by atoms with Crippen molar-refractivity contribution in [1.82, 2.24) is 10.6 Å². The second-order valence-corrected chi connectivity index (χ2v) is 6.58. The van der Waals surface area contributed by atoms with Crippen molar-refractivity contribution in [3.8, 4) is 0 Å². The number of rotatable bonds is 8. The Morgan fingerprint density at radius 2 is 2.00 bits per heavy atom. The van der Waals surface area contributed by atoms with Gasteiger partial charge >= 0.3 is 6.03 Å². The summed E-state index contributed by atoms with van der Waals surface area (Å²) in [7, 11) is 0. The smallest absolute Gasteiger partial charge is 0.315 e. The lowest BCUT2D eigenvalue weighted by molar-refractivity contribution is 0.232. The van der Waals surface area contributed by atoms with Crippen molar-refractivity contribution in [3.63, 3.8) is 0 Å². The van der Waals surface area contributed by atoms with E-state index in [0.29, 0.717) is 25.3 Å². The molecule has 0 aliphatic carbocycles. The summed E-state index contributed by atoms with van der Waals surface area (Å²) < 4.78 is 0. The molecule has 3 N–H and O–H groups in total. The molecule has 0 fully saturated rings. The predicted molar refractivity (Wildman–Crippen MR) is 94.8 cm³/mol. The summed E-state index contributed by atoms with van der Waals surface area (Å²) in [5, 5.41) is 17.1. The second-order valence-electron chi connectivity index (χ2n) is 5.60. The van der Waals surface area contributed by atoms with Gasteiger partial charge in [0.05, 0.1) is 6.04 Å². The Kier molecular flexibility index (Phi) is 7.10. The van der Waals surface area contributed by atoms with Gasteiger partial charge in [-0.1, -0.05) is 43.3 Å². The summed E-state index contributed by atoms with van der Waals surface area (Å²) in [4.78, 5) is 13.5. The first-order chi connectivity index (χ1) is 11.2. The van der Waals surface area contributed by atoms with E-state index in [1.54, 1.807) is 11.3 Å². The van der Waals surface area contributed by atoms with Crippen molar-refractivity contribution in [2.45, 2.75) is 31.7 Å². The Morgan fingerprint density at radius 1 is 1.22 bits per heavy atom. The standard InChI is InChI=1S/C18H24N2O2S/c1-14(17-10-6-12-23-17)13-19-18(22)20-16(9-5-11-21)15-7-3-2-4-8-15/h2-4,6-8,10,12,14,16,21H,5,9,11,13H2,1H3,(H2,19,20,22). The summed E-state index contributed by atoms with van der Waals surface area (Å²) in [5.41, 5.74) is 1.06. The van der Waals surface area contributed by atoms with Crippen molar-refractivity contribution >= 4 is 17.4 Å². The van der Waals surface area contributed by atoms with Crippen LogP contribution in [0.5, 0.6) is 0 Å². The van der Waals surface area contributed by atoms with Gasteiger partial charge in [0, 0.05) is 23.9 Å². The molecule has 0 aliphatic rings. The normalized spacial score (nSPS) is 13.3. The van der Waals surface area contributed by atoms with Crippen molar-refractivity contribution < 1.29 is 9.90 Å². The minimum Gasteiger partial charge on any atom is -0.396 e. The monoisotopic (exact) mass is 332 g/mol. The predicted octanol–water partition coefficient (Wildman–Crippen LogP) is 3.66. The molecule has 1 aromatic carbocycles. The molecule has 2 atom stereocenters. The summed E-state index contributed by atoms with van der Waals surface area (Å²) in [5.74, 6) is 0.299. The fraction of sp³-hybridized carbons (Fsp3) is 0.389. The van der Waals surface area contributed by atoms with Gasteiger partial charge in [0.15, 0.2) is 0 Å². The number of aliphatic hydroxyl groups excluding tert-OH is 1. The van der Waals surface area contributed by atoms with E-state index in [1.165, 1.54) is 4.88 Å². The van der Waals surface area contributed by atoms with Crippen molar-refractivity contribution in [3.05, 3.63) is 58.3 Å². The molecule has 2 unspecified atom stereocenters. The van der Waals surface area contributed by atoms with Gasteiger partial charge in [-0.05, 0) is 29.9 Å². The van der Waals surface area contributed by atoms with Crippen LogP contribution in [0.4, 0.5) is 4.79 Å². The molecule has 0 saturated heterocycles. The largest absolute Gasteiger partial charge is 0.396 e. The third-order valence-electron chi connectivity index (χ3n) is 3.76. The van der Waals surface area contributed by atoms with Gasteiger partial charge in [0.2, 0.25) is 0 Å². The average Bonchev–Trinajstić information content (AvgIpc) is 3.12. The number of carbonyl (C=O) groups excluding carboxylic acids is 1. The van der Waals surface area contributed by atoms with Crippen LogP contribution >= 0.6 is 11.3 Å². The van der Waals surface area contributed by atoms with E-state index in [-0.39, 0.29) is 18.7 Å². The first kappa shape index (κ1) is 17.5. The van der Waals surface area contributed by atoms with Gasteiger partial charge in [-0.2, -0.15) is 0 Å². The summed E-state index contributed by atoms with van der Waals surface area (Å²) >= 11 is 1.71. The molecular formula is C18H24N2O2S. The number of amides is 2. The van der Waals surface area contributed by atoms with Crippen LogP contribution in [-0.4, -0.2) is 24.3 Å². The van der Waals surface area contributed by atoms with E-state index >= 15 is 0 Å². The van der Waals surface area contributed by atoms with Crippen molar-refractivity contribution in [1.29, 1.82) is 0 Å². The van der Waals surface area contributed by atoms with E-state index in [4.69, 9.17) is 5.11 Å². The molecule has 1 aromatic heterocycles. The molecule has 0 aliphatic heterocycles. The number of urea groups is 1. The topological polar surface area (TPSA) is 61.4 Å². The molecular weight excluding hydrogens is 308 g/mol. The van der Waals surface area contributed by atoms with Crippen LogP contribution in [0.1, 0.15) is 42.2 Å². The number of hydrogen-bond acceptors (Lipinski definition) is 3. The van der Waals surface area contributed by atoms with Crippen LogP contribution in [0, 0.1) is 0 Å². The molecule has 2 rings (SSSR count). The Hall–Kier alpha value is -1.85. The Morgan fingerprint density at radius 3 is 2.65 bits per heavy atom. The van der Waals surface area contributed by atoms with Gasteiger partial charge in [-0.25, -0.2) is 4.79 Å². The van der Waals surface area contributed by atoms with Gasteiger partial charge in [0.25, 0.3) is 0 Å². The number of benzene rings is 1. The highest BCUT2D eigenvalue weighted by Crippen LogP contribution is 2.20. The first-order valence-corrected chi connectivity index (χ1v) is 8.82. The minimum absolute atomic E-state index is 0.0830. The van der Waals surface area contributed by atoms with Gasteiger partial charge in [0.1, 0.15) is 0 Å². The molecule has 124 valence electrons. The number of carbonyl (C=O) groups is 1. The third kappa shape index (κ3) is 5.69. The maximum absolute atomic E-state index is 12.2. The zero-order chi connectivity index (χ0) is 16.5. The Bertz CT molecular complexity index is 572. The number of nitrogens with one attached hydrogen (secondary N) is 2. The molecule has 23 heavy (non-hydrogen) atoms. The number of aliphatic hydroxyl groups is 1. The molecule has 0 bridgehead atoms. The van der Waals surface area contributed by atoms with Gasteiger partial charge in [-0.3, -0.25) is 0 Å². The maximum Gasteiger partial charge on any atom is 0.315 e. The molecule has 0 saturated carbocycles. The highest BCUT2D eigenvalue weighted by molar-refractivity contribution is 7.10. The quantitative estimate of drug-likeness (QED) is 0.691. The van der Waals surface area contributed by atoms with E-state index < -0.39 is 0 Å². The zero-order valence-electron chi connectivity index (χ0n) is 13.4. The van der Waals surface area contributed by atoms with Gasteiger partial charge in [-0.15, -0.1) is 11.3 Å². The van der Waals surface area contributed by atoms with E-state index in [0.717, 1.165) is 5.56 Å². The third-order valence-corrected chi connectivity index (χ3v) is 4.86. The number of hydrogen-bond donors (Lipinski definition) is 3. The minimum atomic E-state index is -0.166. The fourth-order valence-corrected chi connectivity index (χ4v) is 3.22. The van der Waals surface area contributed by atoms with E-state index in [1.807, 2.05) is 41.8 Å². The SMILES string of the molecule is CC(CNC(=O)NC(CCCO)c1ccccc1)c1cccs1. The second kappa shape index (κ2) is 9.33. The van der Waals surface area contributed by atoms with Crippen molar-refractivity contribution in [2.24, 2.45) is 0 Å². The molecule has 4 nitrogen and oxygen atoms in total. The van der Waals surface area contributed by atoms with Crippen LogP contribution in [0.15, 0.2) is 47.8 Å². The maximum atomic E-state index is 12.2. The molecule has 5 heteroatoms. The highest BCUT2D eigenvalue weighted by atomic mass is 32.1. The molecule has 2 aromatic rings. The fourth-order valence-electron chi connectivity index (χ4n) is 2.43. The lowest BCUT2D eigenvalue weighted by Crippen LogP contribution is -2.39. The lowest BCUT2D eigenvalue weighted by atomic mass is 10.0. The zero-order valence-corrected chi connectivity index (χ0v) is 14.2. The summed E-state index contributed by atoms with van der Waals surface area (Å²) in [6.07, 6.45) is 1.37. The molecule has 0 spiro atoms. The average molecular weight is 332 g/mol. The van der Waals surface area contributed by atoms with Gasteiger partial charge < -0.3 is 15.7 Å². The van der Waals surface area contributed by atoms with Crippen LogP contribution in [-0.2, 0) is 0 Å². The van der Waals surface area contributed by atoms with E-state index in [2.05, 4.69) is 23.6 Å². The number of thiophene rings is 1. The lowest BCUT2D eigenvalue weighted by Gasteiger charge is -2.20. The molecule has 1 heterocycles. The molecule has 2 amide bonds. The van der Waals surface area contributed by atoms with Crippen molar-refractivity contribution in [2.75, 3.05) is 13.2 Å². The first-order valence-electron chi connectivity index (χ1n) is 7.94.